The quantitative estimate of drug-likeness (QED) is 0.269. The third-order valence-corrected chi connectivity index (χ3v) is 5.56. The average molecular weight is 404 g/mol. The standard InChI is InChI=1S/C22H37N5O2/c1-22(2,16-23)21(28)26-18(12-14-29-15-17-9-5-3-6-10-17)20(25)27-13-8-4-7-11-19(27)24/h5,9-10,18,24-25H,3-4,6-8,11-16,23H2,1-2H3,(H,26,28)/t18-/m1/s1. The highest BCUT2D eigenvalue weighted by Crippen LogP contribution is 2.17. The molecule has 5 N–H and O–H groups in total. The van der Waals surface area contributed by atoms with Crippen molar-refractivity contribution < 1.29 is 9.53 Å². The van der Waals surface area contributed by atoms with Gasteiger partial charge in [-0.1, -0.05) is 24.6 Å². The summed E-state index contributed by atoms with van der Waals surface area (Å²) >= 11 is 0. The van der Waals surface area contributed by atoms with Gasteiger partial charge in [-0.25, -0.2) is 0 Å². The monoisotopic (exact) mass is 403 g/mol. The normalized spacial score (nSPS) is 18.8. The van der Waals surface area contributed by atoms with Gasteiger partial charge in [0, 0.05) is 26.1 Å². The van der Waals surface area contributed by atoms with Crippen LogP contribution in [-0.4, -0.2) is 54.8 Å². The number of carbonyl (C=O) groups excluding carboxylic acids is 1. The van der Waals surface area contributed by atoms with Crippen LogP contribution >= 0.6 is 0 Å². The molecule has 1 amide bonds. The molecule has 1 fully saturated rings. The largest absolute Gasteiger partial charge is 0.377 e. The van der Waals surface area contributed by atoms with Crippen LogP contribution in [-0.2, 0) is 9.53 Å². The van der Waals surface area contributed by atoms with Crippen molar-refractivity contribution in [3.8, 4) is 0 Å². The lowest BCUT2D eigenvalue weighted by Gasteiger charge is -2.32. The van der Waals surface area contributed by atoms with Gasteiger partial charge in [-0.15, -0.1) is 0 Å². The summed E-state index contributed by atoms with van der Waals surface area (Å²) in [5, 5.41) is 20.0. The molecule has 1 saturated heterocycles. The maximum absolute atomic E-state index is 12.7. The number of allylic oxidation sites excluding steroid dienone is 2. The molecule has 0 spiro atoms. The SMILES string of the molecule is CC(C)(CN)C(=O)N[C@H](CCOCC1=CCCC=C1)C(=N)N1CCCCCC1=N. The number of ether oxygens (including phenoxy) is 1. The van der Waals surface area contributed by atoms with Crippen molar-refractivity contribution in [3.05, 3.63) is 23.8 Å². The van der Waals surface area contributed by atoms with Gasteiger partial charge in [-0.2, -0.15) is 0 Å². The van der Waals surface area contributed by atoms with Crippen LogP contribution in [0.3, 0.4) is 0 Å². The van der Waals surface area contributed by atoms with Crippen LogP contribution in [0.4, 0.5) is 0 Å². The lowest BCUT2D eigenvalue weighted by molar-refractivity contribution is -0.129. The molecule has 2 aliphatic rings. The minimum atomic E-state index is -0.705. The molecule has 1 heterocycles. The van der Waals surface area contributed by atoms with E-state index in [-0.39, 0.29) is 18.3 Å². The molecule has 7 heteroatoms. The molecule has 0 saturated carbocycles. The zero-order valence-electron chi connectivity index (χ0n) is 17.9. The molecule has 0 aromatic carbocycles. The molecule has 1 aliphatic heterocycles. The molecular formula is C22H37N5O2. The van der Waals surface area contributed by atoms with Crippen LogP contribution in [0.15, 0.2) is 23.8 Å². The minimum Gasteiger partial charge on any atom is -0.377 e. The van der Waals surface area contributed by atoms with E-state index in [0.717, 1.165) is 32.1 Å². The van der Waals surface area contributed by atoms with E-state index in [1.807, 2.05) is 0 Å². The molecule has 0 aromatic heterocycles. The lowest BCUT2D eigenvalue weighted by atomic mass is 9.92. The number of rotatable bonds is 9. The number of hydrogen-bond acceptors (Lipinski definition) is 5. The van der Waals surface area contributed by atoms with E-state index in [2.05, 4.69) is 23.5 Å². The van der Waals surface area contributed by atoms with E-state index in [0.29, 0.717) is 38.4 Å². The fourth-order valence-corrected chi connectivity index (χ4v) is 3.35. The van der Waals surface area contributed by atoms with Gasteiger partial charge in [0.25, 0.3) is 0 Å². The van der Waals surface area contributed by atoms with E-state index < -0.39 is 11.5 Å². The lowest BCUT2D eigenvalue weighted by Crippen LogP contribution is -2.54. The Bertz CT molecular complexity index is 654. The molecule has 162 valence electrons. The predicted octanol–water partition coefficient (Wildman–Crippen LogP) is 2.97. The smallest absolute Gasteiger partial charge is 0.227 e. The molecule has 0 aromatic rings. The Hall–Kier alpha value is -1.99. The number of likely N-dealkylation sites (tertiary alicyclic amines) is 1. The number of nitrogens with one attached hydrogen (secondary N) is 3. The van der Waals surface area contributed by atoms with Crippen LogP contribution in [0.1, 0.15) is 58.8 Å². The van der Waals surface area contributed by atoms with E-state index in [1.54, 1.807) is 18.7 Å². The van der Waals surface area contributed by atoms with E-state index >= 15 is 0 Å². The van der Waals surface area contributed by atoms with Crippen LogP contribution in [0.2, 0.25) is 0 Å². The van der Waals surface area contributed by atoms with Gasteiger partial charge >= 0.3 is 0 Å². The maximum atomic E-state index is 12.7. The third kappa shape index (κ3) is 7.08. The summed E-state index contributed by atoms with van der Waals surface area (Å²) in [6.07, 6.45) is 12.7. The van der Waals surface area contributed by atoms with Crippen LogP contribution < -0.4 is 11.1 Å². The zero-order valence-corrected chi connectivity index (χ0v) is 17.9. The van der Waals surface area contributed by atoms with Gasteiger partial charge in [0.2, 0.25) is 5.91 Å². The second kappa shape index (κ2) is 11.3. The molecular weight excluding hydrogens is 366 g/mol. The summed E-state index contributed by atoms with van der Waals surface area (Å²) in [4.78, 5) is 14.5. The van der Waals surface area contributed by atoms with Crippen molar-refractivity contribution in [1.82, 2.24) is 10.2 Å². The summed E-state index contributed by atoms with van der Waals surface area (Å²) in [5.41, 5.74) is 6.22. The minimum absolute atomic E-state index is 0.172. The highest BCUT2D eigenvalue weighted by Gasteiger charge is 2.31. The second-order valence-electron chi connectivity index (χ2n) is 8.51. The third-order valence-electron chi connectivity index (χ3n) is 5.56. The first-order chi connectivity index (χ1) is 13.8. The predicted molar refractivity (Wildman–Crippen MR) is 117 cm³/mol. The van der Waals surface area contributed by atoms with Crippen LogP contribution in [0, 0.1) is 16.2 Å². The summed E-state index contributed by atoms with van der Waals surface area (Å²) in [6.45, 7) is 5.46. The highest BCUT2D eigenvalue weighted by molar-refractivity contribution is 6.02. The molecule has 0 radical (unpaired) electrons. The number of nitrogens with two attached hydrogens (primary N) is 1. The topological polar surface area (TPSA) is 115 Å². The Labute approximate surface area is 174 Å². The Balaban J connectivity index is 2.00. The highest BCUT2D eigenvalue weighted by atomic mass is 16.5. The molecule has 29 heavy (non-hydrogen) atoms. The first-order valence-corrected chi connectivity index (χ1v) is 10.7. The number of hydrogen-bond donors (Lipinski definition) is 4. The second-order valence-corrected chi connectivity index (χ2v) is 8.51. The Morgan fingerprint density at radius 1 is 1.34 bits per heavy atom. The molecule has 1 aliphatic carbocycles. The Kier molecular flexibility index (Phi) is 9.04. The first-order valence-electron chi connectivity index (χ1n) is 10.7. The van der Waals surface area contributed by atoms with Crippen molar-refractivity contribution >= 4 is 17.6 Å². The first kappa shape index (κ1) is 23.3. The van der Waals surface area contributed by atoms with Crippen molar-refractivity contribution in [2.24, 2.45) is 11.1 Å². The van der Waals surface area contributed by atoms with Crippen molar-refractivity contribution in [2.45, 2.75) is 64.8 Å². The zero-order chi connectivity index (χ0) is 21.3. The van der Waals surface area contributed by atoms with Crippen LogP contribution in [0.25, 0.3) is 0 Å². The van der Waals surface area contributed by atoms with Crippen molar-refractivity contribution in [2.75, 3.05) is 26.3 Å². The van der Waals surface area contributed by atoms with E-state index in [9.17, 15) is 4.79 Å². The van der Waals surface area contributed by atoms with Gasteiger partial charge in [0.05, 0.1) is 18.1 Å². The number of amidine groups is 2. The fourth-order valence-electron chi connectivity index (χ4n) is 3.35. The molecule has 0 unspecified atom stereocenters. The summed E-state index contributed by atoms with van der Waals surface area (Å²) < 4.78 is 5.82. The maximum Gasteiger partial charge on any atom is 0.227 e. The number of nitrogens with zero attached hydrogens (tertiary/aromatic N) is 1. The van der Waals surface area contributed by atoms with E-state index in [1.165, 1.54) is 5.57 Å². The van der Waals surface area contributed by atoms with Gasteiger partial charge in [-0.05, 0) is 51.5 Å². The van der Waals surface area contributed by atoms with Gasteiger partial charge in [0.15, 0.2) is 0 Å². The number of amides is 1. The average Bonchev–Trinajstić information content (AvgIpc) is 2.94. The van der Waals surface area contributed by atoms with E-state index in [4.69, 9.17) is 21.3 Å². The van der Waals surface area contributed by atoms with Gasteiger partial charge in [-0.3, -0.25) is 15.6 Å². The fraction of sp³-hybridized carbons (Fsp3) is 0.682. The number of carbonyl (C=O) groups is 1. The Morgan fingerprint density at radius 3 is 2.83 bits per heavy atom. The van der Waals surface area contributed by atoms with Crippen molar-refractivity contribution in [1.29, 1.82) is 10.8 Å². The summed E-state index contributed by atoms with van der Waals surface area (Å²) in [5.74, 6) is 0.565. The van der Waals surface area contributed by atoms with Gasteiger partial charge < -0.3 is 20.7 Å². The van der Waals surface area contributed by atoms with Gasteiger partial charge in [0.1, 0.15) is 11.7 Å². The Morgan fingerprint density at radius 2 is 2.14 bits per heavy atom. The van der Waals surface area contributed by atoms with Crippen molar-refractivity contribution in [3.63, 3.8) is 0 Å². The summed E-state index contributed by atoms with van der Waals surface area (Å²) in [6, 6.07) is -0.498. The molecule has 1 atom stereocenters. The molecule has 2 rings (SSSR count). The molecule has 7 nitrogen and oxygen atoms in total. The molecule has 0 bridgehead atoms. The van der Waals surface area contributed by atoms with Crippen LogP contribution in [0.5, 0.6) is 0 Å². The summed E-state index contributed by atoms with van der Waals surface area (Å²) in [7, 11) is 0.